The van der Waals surface area contributed by atoms with Crippen LogP contribution in [0, 0.1) is 13.8 Å². The van der Waals surface area contributed by atoms with Crippen molar-refractivity contribution in [3.05, 3.63) is 71.0 Å². The third-order valence-corrected chi connectivity index (χ3v) is 3.97. The van der Waals surface area contributed by atoms with Crippen molar-refractivity contribution in [2.75, 3.05) is 0 Å². The predicted octanol–water partition coefficient (Wildman–Crippen LogP) is 4.90. The lowest BCUT2D eigenvalue weighted by Gasteiger charge is -2.13. The van der Waals surface area contributed by atoms with Crippen molar-refractivity contribution in [3.8, 4) is 0 Å². The van der Waals surface area contributed by atoms with Crippen LogP contribution >= 0.6 is 0 Å². The van der Waals surface area contributed by atoms with E-state index in [1.165, 1.54) is 16.7 Å². The number of furan rings is 1. The number of hydrogen-bond donors (Lipinski definition) is 1. The highest BCUT2D eigenvalue weighted by molar-refractivity contribution is 5.77. The Morgan fingerprint density at radius 3 is 2.62 bits per heavy atom. The summed E-state index contributed by atoms with van der Waals surface area (Å²) in [5.41, 5.74) is 4.93. The second kappa shape index (κ2) is 5.74. The summed E-state index contributed by atoms with van der Waals surface area (Å²) in [7, 11) is 0. The molecule has 0 fully saturated rings. The van der Waals surface area contributed by atoms with Gasteiger partial charge in [0, 0.05) is 11.9 Å². The van der Waals surface area contributed by atoms with Crippen molar-refractivity contribution >= 4 is 11.0 Å². The van der Waals surface area contributed by atoms with Crippen LogP contribution in [0.4, 0.5) is 0 Å². The molecule has 1 N–H and O–H groups in total. The largest absolute Gasteiger partial charge is 0.459 e. The lowest BCUT2D eigenvalue weighted by molar-refractivity contribution is 0.450. The zero-order valence-corrected chi connectivity index (χ0v) is 12.8. The van der Waals surface area contributed by atoms with E-state index >= 15 is 0 Å². The summed E-state index contributed by atoms with van der Waals surface area (Å²) in [6, 6.07) is 17.0. The summed E-state index contributed by atoms with van der Waals surface area (Å²) in [5.74, 6) is 0.987. The van der Waals surface area contributed by atoms with Gasteiger partial charge >= 0.3 is 0 Å². The van der Waals surface area contributed by atoms with Crippen LogP contribution in [0.1, 0.15) is 35.4 Å². The summed E-state index contributed by atoms with van der Waals surface area (Å²) in [6.07, 6.45) is 0. The van der Waals surface area contributed by atoms with E-state index in [1.807, 2.05) is 18.2 Å². The molecule has 0 radical (unpaired) electrons. The zero-order valence-electron chi connectivity index (χ0n) is 12.8. The van der Waals surface area contributed by atoms with Gasteiger partial charge in [-0.3, -0.25) is 0 Å². The summed E-state index contributed by atoms with van der Waals surface area (Å²) in [4.78, 5) is 0. The van der Waals surface area contributed by atoms with Gasteiger partial charge in [0.2, 0.25) is 0 Å². The van der Waals surface area contributed by atoms with Crippen LogP contribution in [-0.4, -0.2) is 0 Å². The van der Waals surface area contributed by atoms with Crippen LogP contribution in [0.25, 0.3) is 11.0 Å². The molecule has 3 rings (SSSR count). The van der Waals surface area contributed by atoms with E-state index in [1.54, 1.807) is 0 Å². The van der Waals surface area contributed by atoms with E-state index in [-0.39, 0.29) is 6.04 Å². The molecule has 0 aliphatic heterocycles. The molecular formula is C19H21NO. The van der Waals surface area contributed by atoms with Crippen LogP contribution in [0.15, 0.2) is 52.9 Å². The molecule has 1 heterocycles. The Hall–Kier alpha value is -2.06. The van der Waals surface area contributed by atoms with Crippen LogP contribution in [-0.2, 0) is 6.54 Å². The van der Waals surface area contributed by atoms with Crippen LogP contribution in [0.2, 0.25) is 0 Å². The van der Waals surface area contributed by atoms with Crippen LogP contribution < -0.4 is 5.32 Å². The van der Waals surface area contributed by atoms with Gasteiger partial charge in [-0.25, -0.2) is 0 Å². The van der Waals surface area contributed by atoms with E-state index < -0.39 is 0 Å². The topological polar surface area (TPSA) is 25.2 Å². The minimum absolute atomic E-state index is 0.193. The van der Waals surface area contributed by atoms with Crippen molar-refractivity contribution < 1.29 is 4.42 Å². The number of rotatable bonds is 4. The number of fused-ring (bicyclic) bond motifs is 1. The first kappa shape index (κ1) is 13.9. The molecule has 2 aromatic carbocycles. The third kappa shape index (κ3) is 3.01. The fourth-order valence-electron chi connectivity index (χ4n) is 2.62. The number of hydrogen-bond acceptors (Lipinski definition) is 2. The van der Waals surface area contributed by atoms with Crippen LogP contribution in [0.3, 0.4) is 0 Å². The Labute approximate surface area is 125 Å². The first-order valence-electron chi connectivity index (χ1n) is 7.41. The fourth-order valence-corrected chi connectivity index (χ4v) is 2.62. The Kier molecular flexibility index (Phi) is 3.80. The molecule has 108 valence electrons. The van der Waals surface area contributed by atoms with E-state index in [0.29, 0.717) is 0 Å². The number of benzene rings is 2. The Morgan fingerprint density at radius 2 is 1.86 bits per heavy atom. The molecule has 0 saturated carbocycles. The number of nitrogens with one attached hydrogen (secondary N) is 1. The summed E-state index contributed by atoms with van der Waals surface area (Å²) >= 11 is 0. The molecule has 1 unspecified atom stereocenters. The average Bonchev–Trinajstić information content (AvgIpc) is 2.90. The summed E-state index contributed by atoms with van der Waals surface area (Å²) in [6.45, 7) is 7.28. The SMILES string of the molecule is Cc1ccc(CNC(C)c2cc3ccccc3o2)c(C)c1. The zero-order chi connectivity index (χ0) is 14.8. The Balaban J connectivity index is 1.72. The van der Waals surface area contributed by atoms with Crippen molar-refractivity contribution in [1.29, 1.82) is 0 Å². The van der Waals surface area contributed by atoms with E-state index in [0.717, 1.165) is 23.3 Å². The molecule has 2 heteroatoms. The fraction of sp³-hybridized carbons (Fsp3) is 0.263. The molecule has 0 spiro atoms. The van der Waals surface area contributed by atoms with Crippen molar-refractivity contribution in [2.45, 2.75) is 33.4 Å². The molecule has 0 aliphatic rings. The molecule has 3 aromatic rings. The van der Waals surface area contributed by atoms with Gasteiger partial charge in [-0.15, -0.1) is 0 Å². The number of para-hydroxylation sites is 1. The summed E-state index contributed by atoms with van der Waals surface area (Å²) in [5, 5.41) is 4.70. The predicted molar refractivity (Wildman–Crippen MR) is 87.4 cm³/mol. The van der Waals surface area contributed by atoms with Gasteiger partial charge in [0.25, 0.3) is 0 Å². The molecule has 21 heavy (non-hydrogen) atoms. The molecule has 2 nitrogen and oxygen atoms in total. The lowest BCUT2D eigenvalue weighted by Crippen LogP contribution is -2.18. The quantitative estimate of drug-likeness (QED) is 0.734. The van der Waals surface area contributed by atoms with Crippen molar-refractivity contribution in [2.24, 2.45) is 0 Å². The molecule has 1 atom stereocenters. The Bertz CT molecular complexity index is 724. The maximum atomic E-state index is 5.91. The maximum absolute atomic E-state index is 5.91. The highest BCUT2D eigenvalue weighted by Crippen LogP contribution is 2.24. The highest BCUT2D eigenvalue weighted by atomic mass is 16.3. The monoisotopic (exact) mass is 279 g/mol. The van der Waals surface area contributed by atoms with Gasteiger partial charge in [0.1, 0.15) is 11.3 Å². The normalized spacial score (nSPS) is 12.7. The molecule has 0 saturated heterocycles. The van der Waals surface area contributed by atoms with Gasteiger partial charge in [-0.2, -0.15) is 0 Å². The van der Waals surface area contributed by atoms with E-state index in [2.05, 4.69) is 56.4 Å². The van der Waals surface area contributed by atoms with Crippen molar-refractivity contribution in [1.82, 2.24) is 5.32 Å². The second-order valence-electron chi connectivity index (χ2n) is 5.72. The van der Waals surface area contributed by atoms with Gasteiger partial charge in [-0.1, -0.05) is 42.0 Å². The van der Waals surface area contributed by atoms with Gasteiger partial charge in [0.05, 0.1) is 6.04 Å². The van der Waals surface area contributed by atoms with Gasteiger partial charge in [-0.05, 0) is 44.0 Å². The van der Waals surface area contributed by atoms with E-state index in [4.69, 9.17) is 4.42 Å². The molecule has 0 amide bonds. The summed E-state index contributed by atoms with van der Waals surface area (Å²) < 4.78 is 5.91. The third-order valence-electron chi connectivity index (χ3n) is 3.97. The molecule has 1 aromatic heterocycles. The smallest absolute Gasteiger partial charge is 0.134 e. The first-order chi connectivity index (χ1) is 10.1. The second-order valence-corrected chi connectivity index (χ2v) is 5.72. The highest BCUT2D eigenvalue weighted by Gasteiger charge is 2.11. The number of aryl methyl sites for hydroxylation is 2. The maximum Gasteiger partial charge on any atom is 0.134 e. The lowest BCUT2D eigenvalue weighted by atomic mass is 10.1. The minimum Gasteiger partial charge on any atom is -0.459 e. The van der Waals surface area contributed by atoms with Crippen molar-refractivity contribution in [3.63, 3.8) is 0 Å². The minimum atomic E-state index is 0.193. The van der Waals surface area contributed by atoms with E-state index in [9.17, 15) is 0 Å². The van der Waals surface area contributed by atoms with Crippen LogP contribution in [0.5, 0.6) is 0 Å². The van der Waals surface area contributed by atoms with Gasteiger partial charge < -0.3 is 9.73 Å². The first-order valence-corrected chi connectivity index (χ1v) is 7.41. The molecular weight excluding hydrogens is 258 g/mol. The average molecular weight is 279 g/mol. The standard InChI is InChI=1S/C19H21NO/c1-13-8-9-17(14(2)10-13)12-20-15(3)19-11-16-6-4-5-7-18(16)21-19/h4-11,15,20H,12H2,1-3H3. The Morgan fingerprint density at radius 1 is 1.05 bits per heavy atom. The van der Waals surface area contributed by atoms with Gasteiger partial charge in [0.15, 0.2) is 0 Å². The molecule has 0 bridgehead atoms. The molecule has 0 aliphatic carbocycles.